The molecule has 3 rings (SSSR count). The smallest absolute Gasteiger partial charge is 0.240 e. The Morgan fingerprint density at radius 2 is 2.12 bits per heavy atom. The van der Waals surface area contributed by atoms with Gasteiger partial charge in [-0.25, -0.2) is 0 Å². The fourth-order valence-corrected chi connectivity index (χ4v) is 4.37. The Morgan fingerprint density at radius 1 is 1.32 bits per heavy atom. The summed E-state index contributed by atoms with van der Waals surface area (Å²) in [5.74, 6) is 2.31. The number of halogens is 1. The molecule has 2 heterocycles. The molecule has 2 fully saturated rings. The molecule has 0 spiro atoms. The summed E-state index contributed by atoms with van der Waals surface area (Å²) in [5, 5.41) is 6.98. The van der Waals surface area contributed by atoms with Crippen molar-refractivity contribution in [3.05, 3.63) is 34.9 Å². The van der Waals surface area contributed by atoms with E-state index in [1.54, 1.807) is 11.8 Å². The Hall–Kier alpha value is -1.24. The van der Waals surface area contributed by atoms with E-state index in [-0.39, 0.29) is 23.8 Å². The minimum atomic E-state index is -0.120. The van der Waals surface area contributed by atoms with E-state index in [1.165, 1.54) is 0 Å². The van der Waals surface area contributed by atoms with Gasteiger partial charge in [0.2, 0.25) is 11.8 Å². The zero-order valence-electron chi connectivity index (χ0n) is 14.2. The zero-order chi connectivity index (χ0) is 17.6. The molecule has 136 valence electrons. The van der Waals surface area contributed by atoms with Gasteiger partial charge in [0.1, 0.15) is 0 Å². The van der Waals surface area contributed by atoms with Crippen LogP contribution < -0.4 is 10.6 Å². The number of nitrogens with zero attached hydrogens (tertiary/aromatic N) is 1. The van der Waals surface area contributed by atoms with Gasteiger partial charge in [-0.05, 0) is 43.0 Å². The van der Waals surface area contributed by atoms with Crippen LogP contribution in [-0.2, 0) is 16.0 Å². The third-order valence-electron chi connectivity index (χ3n) is 4.71. The number of nitrogens with one attached hydrogen (secondary N) is 2. The van der Waals surface area contributed by atoms with Crippen molar-refractivity contribution in [3.8, 4) is 0 Å². The quantitative estimate of drug-likeness (QED) is 0.790. The molecule has 2 amide bonds. The Morgan fingerprint density at radius 3 is 2.84 bits per heavy atom. The lowest BCUT2D eigenvalue weighted by molar-refractivity contribution is -0.131. The van der Waals surface area contributed by atoms with Gasteiger partial charge in [-0.1, -0.05) is 23.7 Å². The average molecular weight is 382 g/mol. The van der Waals surface area contributed by atoms with Crippen molar-refractivity contribution in [2.75, 3.05) is 31.3 Å². The van der Waals surface area contributed by atoms with Gasteiger partial charge >= 0.3 is 0 Å². The van der Waals surface area contributed by atoms with Crippen LogP contribution in [-0.4, -0.2) is 54.0 Å². The van der Waals surface area contributed by atoms with Crippen LogP contribution in [0.25, 0.3) is 0 Å². The second-order valence-electron chi connectivity index (χ2n) is 6.63. The van der Waals surface area contributed by atoms with Crippen LogP contribution in [0.1, 0.15) is 18.4 Å². The average Bonchev–Trinajstić information content (AvgIpc) is 3.28. The number of amides is 2. The van der Waals surface area contributed by atoms with E-state index in [2.05, 4.69) is 10.6 Å². The highest BCUT2D eigenvalue weighted by Crippen LogP contribution is 2.22. The second-order valence-corrected chi connectivity index (χ2v) is 8.14. The van der Waals surface area contributed by atoms with E-state index in [4.69, 9.17) is 11.6 Å². The summed E-state index contributed by atoms with van der Waals surface area (Å²) in [4.78, 5) is 26.4. The topological polar surface area (TPSA) is 61.4 Å². The van der Waals surface area contributed by atoms with Crippen LogP contribution in [0, 0.1) is 5.92 Å². The molecule has 2 aliphatic rings. The molecule has 25 heavy (non-hydrogen) atoms. The largest absolute Gasteiger partial charge is 0.356 e. The van der Waals surface area contributed by atoms with E-state index in [0.29, 0.717) is 13.0 Å². The van der Waals surface area contributed by atoms with E-state index >= 15 is 0 Å². The van der Waals surface area contributed by atoms with Crippen molar-refractivity contribution in [1.29, 1.82) is 0 Å². The summed E-state index contributed by atoms with van der Waals surface area (Å²) in [6.07, 6.45) is 2.02. The molecule has 0 bridgehead atoms. The molecule has 2 aliphatic heterocycles. The number of rotatable bonds is 6. The highest BCUT2D eigenvalue weighted by Gasteiger charge is 2.33. The van der Waals surface area contributed by atoms with Crippen LogP contribution >= 0.6 is 23.4 Å². The van der Waals surface area contributed by atoms with Crippen molar-refractivity contribution < 1.29 is 9.59 Å². The highest BCUT2D eigenvalue weighted by atomic mass is 35.5. The third kappa shape index (κ3) is 5.36. The molecule has 0 radical (unpaired) electrons. The van der Waals surface area contributed by atoms with Crippen molar-refractivity contribution in [2.45, 2.75) is 25.3 Å². The number of carbonyl (C=O) groups is 2. The van der Waals surface area contributed by atoms with Crippen LogP contribution in [0.5, 0.6) is 0 Å². The molecule has 0 aliphatic carbocycles. The Kier molecular flexibility index (Phi) is 6.62. The minimum absolute atomic E-state index is 0.0607. The van der Waals surface area contributed by atoms with Crippen LogP contribution in [0.15, 0.2) is 24.3 Å². The van der Waals surface area contributed by atoms with Gasteiger partial charge in [0.15, 0.2) is 0 Å². The maximum Gasteiger partial charge on any atom is 0.240 e. The normalized spacial score (nSPS) is 23.0. The molecule has 5 nitrogen and oxygen atoms in total. The zero-order valence-corrected chi connectivity index (χ0v) is 15.7. The van der Waals surface area contributed by atoms with E-state index < -0.39 is 0 Å². The van der Waals surface area contributed by atoms with Crippen molar-refractivity contribution in [1.82, 2.24) is 15.5 Å². The predicted molar refractivity (Wildman–Crippen MR) is 102 cm³/mol. The van der Waals surface area contributed by atoms with Gasteiger partial charge in [0.05, 0.1) is 11.9 Å². The summed E-state index contributed by atoms with van der Waals surface area (Å²) in [5.41, 5.74) is 1.15. The lowest BCUT2D eigenvalue weighted by atomic mass is 10.0. The molecule has 1 aromatic rings. The van der Waals surface area contributed by atoms with E-state index in [1.807, 2.05) is 29.2 Å². The first-order valence-corrected chi connectivity index (χ1v) is 10.3. The molecule has 2 saturated heterocycles. The third-order valence-corrected chi connectivity index (χ3v) is 5.93. The Balaban J connectivity index is 1.35. The summed E-state index contributed by atoms with van der Waals surface area (Å²) in [6.45, 7) is 2.20. The summed E-state index contributed by atoms with van der Waals surface area (Å²) < 4.78 is 0. The first kappa shape index (κ1) is 18.5. The lowest BCUT2D eigenvalue weighted by Gasteiger charge is -2.19. The first-order valence-electron chi connectivity index (χ1n) is 8.73. The SMILES string of the molecule is O=C(CC1CNC(C(=O)N2CCSC2)C1)NCCc1ccc(Cl)cc1. The monoisotopic (exact) mass is 381 g/mol. The molecule has 2 unspecified atom stereocenters. The minimum Gasteiger partial charge on any atom is -0.356 e. The molecule has 1 aromatic carbocycles. The number of thioether (sulfide) groups is 1. The van der Waals surface area contributed by atoms with Gasteiger partial charge < -0.3 is 15.5 Å². The van der Waals surface area contributed by atoms with Crippen LogP contribution in [0.2, 0.25) is 5.02 Å². The fourth-order valence-electron chi connectivity index (χ4n) is 3.29. The molecule has 2 N–H and O–H groups in total. The van der Waals surface area contributed by atoms with Gasteiger partial charge in [-0.15, -0.1) is 11.8 Å². The molecular weight excluding hydrogens is 358 g/mol. The summed E-state index contributed by atoms with van der Waals surface area (Å²) in [7, 11) is 0. The van der Waals surface area contributed by atoms with Gasteiger partial charge in [-0.3, -0.25) is 9.59 Å². The molecular formula is C18H24ClN3O2S. The number of hydrogen-bond acceptors (Lipinski definition) is 4. The lowest BCUT2D eigenvalue weighted by Crippen LogP contribution is -2.42. The standard InChI is InChI=1S/C18H24ClN3O2S/c19-15-3-1-13(2-4-15)5-6-20-17(23)10-14-9-16(21-11-14)18(24)22-7-8-25-12-22/h1-4,14,16,21H,5-12H2,(H,20,23). The number of benzene rings is 1. The maximum atomic E-state index is 12.4. The highest BCUT2D eigenvalue weighted by molar-refractivity contribution is 7.99. The Labute approximate surface area is 157 Å². The van der Waals surface area contributed by atoms with Crippen LogP contribution in [0.3, 0.4) is 0 Å². The van der Waals surface area contributed by atoms with Crippen molar-refractivity contribution in [3.63, 3.8) is 0 Å². The van der Waals surface area contributed by atoms with Gasteiger partial charge in [0, 0.05) is 30.3 Å². The molecule has 0 aromatic heterocycles. The van der Waals surface area contributed by atoms with Crippen molar-refractivity contribution in [2.24, 2.45) is 5.92 Å². The van der Waals surface area contributed by atoms with Crippen LogP contribution in [0.4, 0.5) is 0 Å². The van der Waals surface area contributed by atoms with E-state index in [0.717, 1.165) is 48.1 Å². The first-order chi connectivity index (χ1) is 12.1. The fraction of sp³-hybridized carbons (Fsp3) is 0.556. The van der Waals surface area contributed by atoms with Gasteiger partial charge in [0.25, 0.3) is 0 Å². The molecule has 2 atom stereocenters. The summed E-state index contributed by atoms with van der Waals surface area (Å²) >= 11 is 7.66. The van der Waals surface area contributed by atoms with E-state index in [9.17, 15) is 9.59 Å². The molecule has 0 saturated carbocycles. The second kappa shape index (κ2) is 8.92. The van der Waals surface area contributed by atoms with Gasteiger partial charge in [-0.2, -0.15) is 0 Å². The van der Waals surface area contributed by atoms with Crippen molar-refractivity contribution >= 4 is 35.2 Å². The Bertz CT molecular complexity index is 605. The number of carbonyl (C=O) groups excluding carboxylic acids is 2. The molecule has 7 heteroatoms. The predicted octanol–water partition coefficient (Wildman–Crippen LogP) is 1.90. The number of hydrogen-bond donors (Lipinski definition) is 2. The maximum absolute atomic E-state index is 12.4. The summed E-state index contributed by atoms with van der Waals surface area (Å²) in [6, 6.07) is 7.55.